The summed E-state index contributed by atoms with van der Waals surface area (Å²) in [6.45, 7) is 7.80. The molecule has 1 aromatic carbocycles. The number of nitrogens with zero attached hydrogens (tertiary/aromatic N) is 1. The van der Waals surface area contributed by atoms with Crippen LogP contribution in [-0.2, 0) is 10.2 Å². The highest BCUT2D eigenvalue weighted by Crippen LogP contribution is 2.64. The number of benzene rings is 1. The van der Waals surface area contributed by atoms with Crippen LogP contribution in [0.4, 0.5) is 5.69 Å². The molecule has 2 N–H and O–H groups in total. The monoisotopic (exact) mass is 351 g/mol. The van der Waals surface area contributed by atoms with Crippen molar-refractivity contribution in [2.75, 3.05) is 25.0 Å². The molecule has 3 aliphatic heterocycles. The third-order valence-electron chi connectivity index (χ3n) is 7.64. The van der Waals surface area contributed by atoms with E-state index in [-0.39, 0.29) is 11.3 Å². The van der Waals surface area contributed by atoms with Crippen LogP contribution in [-0.4, -0.2) is 41.6 Å². The van der Waals surface area contributed by atoms with E-state index < -0.39 is 0 Å². The van der Waals surface area contributed by atoms with E-state index in [0.29, 0.717) is 11.8 Å². The van der Waals surface area contributed by atoms with Crippen molar-refractivity contribution in [3.05, 3.63) is 46.7 Å². The van der Waals surface area contributed by atoms with Crippen molar-refractivity contribution >= 4 is 12.0 Å². The molecular formula is C22H27N2O2+. The van der Waals surface area contributed by atoms with E-state index in [1.165, 1.54) is 24.1 Å². The largest absolute Gasteiger partial charge is 0.506 e. The van der Waals surface area contributed by atoms with E-state index >= 15 is 0 Å². The summed E-state index contributed by atoms with van der Waals surface area (Å²) in [5.41, 5.74) is 5.32. The van der Waals surface area contributed by atoms with Crippen molar-refractivity contribution in [3.8, 4) is 5.75 Å². The lowest BCUT2D eigenvalue weighted by molar-refractivity contribution is -0.941. The van der Waals surface area contributed by atoms with Gasteiger partial charge in [-0.05, 0) is 30.5 Å². The number of allylic oxidation sites excluding steroid dienone is 2. The van der Waals surface area contributed by atoms with Crippen LogP contribution in [0.2, 0.25) is 0 Å². The number of carbonyl (C=O) groups is 1. The summed E-state index contributed by atoms with van der Waals surface area (Å²) in [4.78, 5) is 12.2. The number of rotatable bonds is 3. The van der Waals surface area contributed by atoms with E-state index in [2.05, 4.69) is 31.3 Å². The maximum absolute atomic E-state index is 12.2. The predicted molar refractivity (Wildman–Crippen MR) is 102 cm³/mol. The van der Waals surface area contributed by atoms with Gasteiger partial charge in [0, 0.05) is 30.0 Å². The highest BCUT2D eigenvalue weighted by molar-refractivity contribution is 5.85. The maximum atomic E-state index is 12.2. The van der Waals surface area contributed by atoms with E-state index in [9.17, 15) is 9.90 Å². The van der Waals surface area contributed by atoms with Gasteiger partial charge in [-0.2, -0.15) is 0 Å². The number of piperidine rings is 1. The molecule has 0 aromatic heterocycles. The van der Waals surface area contributed by atoms with Crippen LogP contribution in [0.5, 0.6) is 5.75 Å². The lowest BCUT2D eigenvalue weighted by Crippen LogP contribution is -2.63. The highest BCUT2D eigenvalue weighted by atomic mass is 16.3. The van der Waals surface area contributed by atoms with Gasteiger partial charge < -0.3 is 14.9 Å². The Hall–Kier alpha value is -2.07. The Kier molecular flexibility index (Phi) is 3.24. The lowest BCUT2D eigenvalue weighted by Gasteiger charge is -2.53. The number of fused-ring (bicyclic) bond motifs is 2. The molecule has 2 bridgehead atoms. The smallest absolute Gasteiger partial charge is 0.148 e. The molecule has 2 fully saturated rings. The second-order valence-corrected chi connectivity index (χ2v) is 8.49. The lowest BCUT2D eigenvalue weighted by atomic mass is 9.61. The molecular weight excluding hydrogens is 324 g/mol. The zero-order valence-corrected chi connectivity index (χ0v) is 15.6. The Labute approximate surface area is 154 Å². The number of hydrogen-bond acceptors (Lipinski definition) is 3. The number of para-hydroxylation sites is 1. The summed E-state index contributed by atoms with van der Waals surface area (Å²) < 4.78 is 1.14. The van der Waals surface area contributed by atoms with Gasteiger partial charge >= 0.3 is 0 Å². The fourth-order valence-corrected chi connectivity index (χ4v) is 6.73. The summed E-state index contributed by atoms with van der Waals surface area (Å²) in [6, 6.07) is 6.35. The Morgan fingerprint density at radius 2 is 2.27 bits per heavy atom. The van der Waals surface area contributed by atoms with Crippen LogP contribution >= 0.6 is 0 Å². The summed E-state index contributed by atoms with van der Waals surface area (Å²) in [6.07, 6.45) is 6.60. The van der Waals surface area contributed by atoms with Crippen molar-refractivity contribution in [3.63, 3.8) is 0 Å². The van der Waals surface area contributed by atoms with Gasteiger partial charge in [0.2, 0.25) is 0 Å². The molecule has 4 heteroatoms. The van der Waals surface area contributed by atoms with Gasteiger partial charge in [0.1, 0.15) is 24.6 Å². The minimum Gasteiger partial charge on any atom is -0.506 e. The molecule has 5 rings (SSSR count). The first-order chi connectivity index (χ1) is 12.6. The first kappa shape index (κ1) is 16.1. The van der Waals surface area contributed by atoms with Gasteiger partial charge in [0.15, 0.2) is 0 Å². The molecule has 1 aliphatic carbocycles. The van der Waals surface area contributed by atoms with Crippen LogP contribution in [0.1, 0.15) is 38.7 Å². The predicted octanol–water partition coefficient (Wildman–Crippen LogP) is 3.49. The van der Waals surface area contributed by atoms with Crippen molar-refractivity contribution in [2.45, 2.75) is 44.6 Å². The van der Waals surface area contributed by atoms with Crippen LogP contribution in [0, 0.1) is 5.92 Å². The molecule has 136 valence electrons. The van der Waals surface area contributed by atoms with E-state index in [4.69, 9.17) is 0 Å². The van der Waals surface area contributed by atoms with Crippen molar-refractivity contribution < 1.29 is 14.4 Å². The van der Waals surface area contributed by atoms with Crippen LogP contribution in [0.15, 0.2) is 41.1 Å². The molecule has 26 heavy (non-hydrogen) atoms. The third-order valence-corrected chi connectivity index (χ3v) is 7.64. The minimum atomic E-state index is -0.130. The molecule has 4 aliphatic rings. The molecule has 0 radical (unpaired) electrons. The number of nitrogens with one attached hydrogen (secondary N) is 1. The molecule has 3 heterocycles. The highest BCUT2D eigenvalue weighted by Gasteiger charge is 2.68. The number of hydrogen-bond donors (Lipinski definition) is 2. The summed E-state index contributed by atoms with van der Waals surface area (Å²) in [5, 5.41) is 14.0. The van der Waals surface area contributed by atoms with Crippen molar-refractivity contribution in [1.29, 1.82) is 0 Å². The van der Waals surface area contributed by atoms with Gasteiger partial charge in [-0.1, -0.05) is 25.1 Å². The van der Waals surface area contributed by atoms with Crippen LogP contribution in [0.25, 0.3) is 0 Å². The fraction of sp³-hybridized carbons (Fsp3) is 0.500. The van der Waals surface area contributed by atoms with Gasteiger partial charge in [-0.15, -0.1) is 0 Å². The zero-order chi connectivity index (χ0) is 18.1. The van der Waals surface area contributed by atoms with E-state index in [1.54, 1.807) is 6.07 Å². The quantitative estimate of drug-likeness (QED) is 0.379. The fourth-order valence-electron chi connectivity index (χ4n) is 6.73. The molecule has 2 saturated heterocycles. The SMILES string of the molecule is C/C=C1\C[N@+]2(CCC)CC[C@@]34C(=C(C=O)[C@H]1C[C@@H]32)Nc1c(O)cccc14. The Bertz CT molecular complexity index is 871. The molecule has 4 nitrogen and oxygen atoms in total. The molecule has 1 spiro atoms. The van der Waals surface area contributed by atoms with Crippen molar-refractivity contribution in [1.82, 2.24) is 0 Å². The Morgan fingerprint density at radius 1 is 1.42 bits per heavy atom. The van der Waals surface area contributed by atoms with Gasteiger partial charge in [0.05, 0.1) is 24.2 Å². The van der Waals surface area contributed by atoms with Gasteiger partial charge in [0.25, 0.3) is 0 Å². The molecule has 4 atom stereocenters. The molecule has 1 aromatic rings. The van der Waals surface area contributed by atoms with Crippen molar-refractivity contribution in [2.24, 2.45) is 5.92 Å². The zero-order valence-electron chi connectivity index (χ0n) is 15.6. The summed E-state index contributed by atoms with van der Waals surface area (Å²) in [5.74, 6) is 0.529. The Balaban J connectivity index is 1.82. The first-order valence-corrected chi connectivity index (χ1v) is 9.91. The topological polar surface area (TPSA) is 49.3 Å². The minimum absolute atomic E-state index is 0.130. The van der Waals surface area contributed by atoms with Gasteiger partial charge in [-0.25, -0.2) is 0 Å². The number of carbonyl (C=O) groups excluding carboxylic acids is 1. The maximum Gasteiger partial charge on any atom is 0.148 e. The second-order valence-electron chi connectivity index (χ2n) is 8.49. The number of quaternary nitrogens is 1. The van der Waals surface area contributed by atoms with Crippen LogP contribution in [0.3, 0.4) is 0 Å². The Morgan fingerprint density at radius 3 is 3.00 bits per heavy atom. The number of aromatic hydroxyl groups is 1. The standard InChI is InChI=1S/C22H26N2O2/c1-3-9-24-10-8-22-17-6-5-7-18(26)20(17)23-21(22)16(13-25)15(11-19(22)24)14(4-2)12-24/h4-7,13,15,19H,3,8-12H2,1-2H3,(H-,23,25,26)/p+1/b14-4+/t15-,19-,22-,24-/m0/s1. The summed E-state index contributed by atoms with van der Waals surface area (Å²) in [7, 11) is 0. The van der Waals surface area contributed by atoms with Crippen LogP contribution < -0.4 is 5.32 Å². The average molecular weight is 351 g/mol. The van der Waals surface area contributed by atoms with E-state index in [0.717, 1.165) is 53.7 Å². The summed E-state index contributed by atoms with van der Waals surface area (Å²) >= 11 is 0. The number of anilines is 1. The molecule has 0 amide bonds. The number of phenols is 1. The molecule has 0 saturated carbocycles. The van der Waals surface area contributed by atoms with Gasteiger partial charge in [-0.3, -0.25) is 4.79 Å². The number of aldehydes is 1. The average Bonchev–Trinajstić information content (AvgIpc) is 3.17. The second kappa shape index (κ2) is 5.23. The molecule has 0 unspecified atom stereocenters. The first-order valence-electron chi connectivity index (χ1n) is 9.91. The van der Waals surface area contributed by atoms with E-state index in [1.807, 2.05) is 6.07 Å². The number of phenolic OH excluding ortho intramolecular Hbond substituents is 1. The normalized spacial score (nSPS) is 38.2. The third kappa shape index (κ3) is 1.67.